The highest BCUT2D eigenvalue weighted by Crippen LogP contribution is 2.24. The Bertz CT molecular complexity index is 1290. The molecule has 0 aliphatic heterocycles. The number of alkyl carbamates (subject to hydrolysis) is 1. The minimum absolute atomic E-state index is 0. The van der Waals surface area contributed by atoms with Crippen LogP contribution in [0.4, 0.5) is 13.6 Å². The van der Waals surface area contributed by atoms with E-state index in [0.29, 0.717) is 33.7 Å². The van der Waals surface area contributed by atoms with Gasteiger partial charge in [0.1, 0.15) is 28.9 Å². The molecule has 13 heteroatoms. The molecule has 0 spiro atoms. The number of benzene rings is 2. The zero-order chi connectivity index (χ0) is 26.1. The number of nitrogens with zero attached hydrogens (tertiary/aromatic N) is 2. The van der Waals surface area contributed by atoms with Crippen molar-refractivity contribution in [1.82, 2.24) is 25.3 Å². The molecular weight excluding hydrogens is 537 g/mol. The average Bonchev–Trinajstić information content (AvgIpc) is 3.31. The Labute approximate surface area is 222 Å². The molecule has 0 aliphatic rings. The van der Waals surface area contributed by atoms with Gasteiger partial charge in [0.05, 0.1) is 44.2 Å². The summed E-state index contributed by atoms with van der Waals surface area (Å²) >= 11 is 11.3. The number of H-pyrrole nitrogens is 2. The van der Waals surface area contributed by atoms with Gasteiger partial charge in [-0.25, -0.2) is 23.5 Å². The van der Waals surface area contributed by atoms with E-state index < -0.39 is 29.4 Å². The maximum absolute atomic E-state index is 13.4. The molecule has 0 unspecified atom stereocenters. The van der Waals surface area contributed by atoms with Gasteiger partial charge in [0.15, 0.2) is 0 Å². The molecule has 4 aromatic rings. The standard InChI is InChI=1S/C14H17ClFN3O2.C9H9ClFN3.ClH/c1-7(17-13(20)21-14(2,3)4)12-18-10-5-8(15)9(16)6-11(10)19-12;1-4(12)9-13-7-2-5(10)6(11)3-8(7)14-9;/h5-7H,1-4H3,(H,17,20)(H,18,19);2-4H,12H2,1H3,(H,13,14);1H/t7-;4-;/m00./s1. The minimum Gasteiger partial charge on any atom is -0.444 e. The smallest absolute Gasteiger partial charge is 0.408 e. The van der Waals surface area contributed by atoms with Gasteiger partial charge in [-0.3, -0.25) is 0 Å². The lowest BCUT2D eigenvalue weighted by Crippen LogP contribution is -2.34. The average molecular weight is 564 g/mol. The number of hydrogen-bond acceptors (Lipinski definition) is 5. The molecule has 36 heavy (non-hydrogen) atoms. The van der Waals surface area contributed by atoms with E-state index in [1.807, 2.05) is 0 Å². The molecule has 4 rings (SSSR count). The molecule has 0 radical (unpaired) electrons. The van der Waals surface area contributed by atoms with Crippen LogP contribution in [-0.2, 0) is 4.74 Å². The second-order valence-electron chi connectivity index (χ2n) is 8.97. The fourth-order valence-electron chi connectivity index (χ4n) is 3.02. The Morgan fingerprint density at radius 3 is 1.86 bits per heavy atom. The van der Waals surface area contributed by atoms with Crippen LogP contribution >= 0.6 is 35.6 Å². The normalized spacial score (nSPS) is 12.9. The topological polar surface area (TPSA) is 122 Å². The number of aromatic amines is 2. The fraction of sp³-hybridized carbons (Fsp3) is 0.348. The van der Waals surface area contributed by atoms with Crippen LogP contribution in [0.25, 0.3) is 22.1 Å². The van der Waals surface area contributed by atoms with Crippen LogP contribution in [0.5, 0.6) is 0 Å². The number of hydrogen-bond donors (Lipinski definition) is 4. The highest BCUT2D eigenvalue weighted by molar-refractivity contribution is 6.31. The lowest BCUT2D eigenvalue weighted by Gasteiger charge is -2.21. The van der Waals surface area contributed by atoms with E-state index in [9.17, 15) is 13.6 Å². The van der Waals surface area contributed by atoms with Crippen LogP contribution in [-0.4, -0.2) is 31.6 Å². The monoisotopic (exact) mass is 562 g/mol. The summed E-state index contributed by atoms with van der Waals surface area (Å²) in [6.07, 6.45) is -0.542. The molecule has 0 saturated carbocycles. The van der Waals surface area contributed by atoms with E-state index in [4.69, 9.17) is 33.7 Å². The van der Waals surface area contributed by atoms with Gasteiger partial charge in [-0.15, -0.1) is 12.4 Å². The number of aromatic nitrogens is 4. The number of imidazole rings is 2. The van der Waals surface area contributed by atoms with Crippen molar-refractivity contribution in [1.29, 1.82) is 0 Å². The zero-order valence-electron chi connectivity index (χ0n) is 20.2. The number of ether oxygens (including phenoxy) is 1. The van der Waals surface area contributed by atoms with Gasteiger partial charge >= 0.3 is 6.09 Å². The molecule has 0 bridgehead atoms. The largest absolute Gasteiger partial charge is 0.444 e. The third-order valence-corrected chi connectivity index (χ3v) is 5.24. The van der Waals surface area contributed by atoms with Gasteiger partial charge in [-0.05, 0) is 46.8 Å². The molecule has 8 nitrogen and oxygen atoms in total. The van der Waals surface area contributed by atoms with Gasteiger partial charge in [0.25, 0.3) is 0 Å². The van der Waals surface area contributed by atoms with E-state index >= 15 is 0 Å². The first kappa shape index (κ1) is 29.6. The second kappa shape index (κ2) is 11.6. The Hall–Kier alpha value is -2.66. The van der Waals surface area contributed by atoms with Crippen LogP contribution in [0.3, 0.4) is 0 Å². The molecule has 0 fully saturated rings. The van der Waals surface area contributed by atoms with Crippen molar-refractivity contribution in [2.24, 2.45) is 5.73 Å². The molecule has 0 aliphatic carbocycles. The van der Waals surface area contributed by atoms with Crippen LogP contribution < -0.4 is 11.1 Å². The maximum atomic E-state index is 13.4. The molecule has 1 amide bonds. The first-order valence-electron chi connectivity index (χ1n) is 10.7. The summed E-state index contributed by atoms with van der Waals surface area (Å²) in [7, 11) is 0. The van der Waals surface area contributed by atoms with Gasteiger partial charge in [-0.1, -0.05) is 23.2 Å². The van der Waals surface area contributed by atoms with E-state index in [1.54, 1.807) is 34.6 Å². The number of carbonyl (C=O) groups is 1. The van der Waals surface area contributed by atoms with Crippen molar-refractivity contribution < 1.29 is 18.3 Å². The molecule has 2 atom stereocenters. The minimum atomic E-state index is -0.575. The number of fused-ring (bicyclic) bond motifs is 2. The Morgan fingerprint density at radius 2 is 1.42 bits per heavy atom. The lowest BCUT2D eigenvalue weighted by atomic mass is 10.2. The summed E-state index contributed by atoms with van der Waals surface area (Å²) in [5.41, 5.74) is 7.35. The molecule has 5 N–H and O–H groups in total. The van der Waals surface area contributed by atoms with Crippen molar-refractivity contribution >= 4 is 63.8 Å². The van der Waals surface area contributed by atoms with Crippen LogP contribution in [0, 0.1) is 11.6 Å². The summed E-state index contributed by atoms with van der Waals surface area (Å²) in [6, 6.07) is 4.89. The number of halogens is 5. The molecule has 0 saturated heterocycles. The second-order valence-corrected chi connectivity index (χ2v) is 9.78. The summed E-state index contributed by atoms with van der Waals surface area (Å²) in [5.74, 6) is 0.144. The molecule has 2 heterocycles. The van der Waals surface area contributed by atoms with Crippen LogP contribution in [0.15, 0.2) is 24.3 Å². The van der Waals surface area contributed by atoms with E-state index in [1.165, 1.54) is 24.3 Å². The zero-order valence-corrected chi connectivity index (χ0v) is 22.5. The summed E-state index contributed by atoms with van der Waals surface area (Å²) in [6.45, 7) is 8.89. The lowest BCUT2D eigenvalue weighted by molar-refractivity contribution is 0.0506. The fourth-order valence-corrected chi connectivity index (χ4v) is 3.34. The van der Waals surface area contributed by atoms with Crippen molar-refractivity contribution in [2.75, 3.05) is 0 Å². The van der Waals surface area contributed by atoms with E-state index in [2.05, 4.69) is 25.3 Å². The highest BCUT2D eigenvalue weighted by Gasteiger charge is 2.20. The summed E-state index contributed by atoms with van der Waals surface area (Å²) < 4.78 is 31.6. The van der Waals surface area contributed by atoms with E-state index in [0.717, 1.165) is 0 Å². The van der Waals surface area contributed by atoms with Crippen LogP contribution in [0.1, 0.15) is 58.4 Å². The third kappa shape index (κ3) is 7.42. The Kier molecular flexibility index (Phi) is 9.52. The van der Waals surface area contributed by atoms with Crippen molar-refractivity contribution in [3.8, 4) is 0 Å². The summed E-state index contributed by atoms with van der Waals surface area (Å²) in [5, 5.41) is 2.74. The number of amides is 1. The highest BCUT2D eigenvalue weighted by atomic mass is 35.5. The predicted octanol–water partition coefficient (Wildman–Crippen LogP) is 6.74. The number of carbonyl (C=O) groups excluding carboxylic acids is 1. The van der Waals surface area contributed by atoms with Crippen molar-refractivity contribution in [3.05, 3.63) is 57.6 Å². The Morgan fingerprint density at radius 1 is 0.972 bits per heavy atom. The predicted molar refractivity (Wildman–Crippen MR) is 140 cm³/mol. The maximum Gasteiger partial charge on any atom is 0.408 e. The van der Waals surface area contributed by atoms with Crippen LogP contribution in [0.2, 0.25) is 10.0 Å². The third-order valence-electron chi connectivity index (χ3n) is 4.66. The number of rotatable bonds is 3. The molecule has 196 valence electrons. The Balaban J connectivity index is 0.000000265. The molecular formula is C23H27Cl3F2N6O2. The van der Waals surface area contributed by atoms with Gasteiger partial charge in [-0.2, -0.15) is 0 Å². The van der Waals surface area contributed by atoms with Gasteiger partial charge < -0.3 is 25.8 Å². The first-order chi connectivity index (χ1) is 16.2. The van der Waals surface area contributed by atoms with Gasteiger partial charge in [0, 0.05) is 12.1 Å². The first-order valence-corrected chi connectivity index (χ1v) is 11.4. The summed E-state index contributed by atoms with van der Waals surface area (Å²) in [4.78, 5) is 26.1. The molecule has 2 aromatic heterocycles. The van der Waals surface area contributed by atoms with Crippen molar-refractivity contribution in [3.63, 3.8) is 0 Å². The van der Waals surface area contributed by atoms with E-state index in [-0.39, 0.29) is 28.5 Å². The molecule has 2 aromatic carbocycles. The number of nitrogens with one attached hydrogen (secondary N) is 3. The quantitative estimate of drug-likeness (QED) is 0.220. The SMILES string of the molecule is C[C@H](N)c1nc2cc(Cl)c(F)cc2[nH]1.C[C@H](NC(=O)OC(C)(C)C)c1nc2cc(Cl)c(F)cc2[nH]1.Cl. The van der Waals surface area contributed by atoms with Crippen molar-refractivity contribution in [2.45, 2.75) is 52.3 Å². The van der Waals surface area contributed by atoms with Gasteiger partial charge in [0.2, 0.25) is 0 Å². The number of nitrogens with two attached hydrogens (primary N) is 1.